The van der Waals surface area contributed by atoms with Crippen LogP contribution in [0.3, 0.4) is 0 Å². The molecule has 7 nitrogen and oxygen atoms in total. The molecular weight excluding hydrogens is 428 g/mol. The highest BCUT2D eigenvalue weighted by Crippen LogP contribution is 2.26. The molecule has 1 heterocycles. The van der Waals surface area contributed by atoms with Crippen molar-refractivity contribution in [2.45, 2.75) is 16.7 Å². The summed E-state index contributed by atoms with van der Waals surface area (Å²) >= 11 is 2.76. The number of benzene rings is 2. The van der Waals surface area contributed by atoms with E-state index in [1.807, 2.05) is 37.4 Å². The van der Waals surface area contributed by atoms with Gasteiger partial charge in [0.05, 0.1) is 11.4 Å². The molecule has 1 amide bonds. The molecule has 152 valence electrons. The zero-order chi connectivity index (χ0) is 21.0. The zero-order valence-electron chi connectivity index (χ0n) is 16.1. The van der Waals surface area contributed by atoms with E-state index in [1.54, 1.807) is 12.1 Å². The van der Waals surface area contributed by atoms with Crippen molar-refractivity contribution in [2.75, 3.05) is 25.2 Å². The van der Waals surface area contributed by atoms with Crippen molar-refractivity contribution in [3.63, 3.8) is 0 Å². The molecule has 3 rings (SSSR count). The molecular formula is C19H20N4O3S3. The maximum Gasteiger partial charge on any atom is 0.243 e. The minimum atomic E-state index is -3.76. The van der Waals surface area contributed by atoms with E-state index in [9.17, 15) is 13.2 Å². The Hall–Kier alpha value is -2.27. The molecule has 0 radical (unpaired) electrons. The van der Waals surface area contributed by atoms with E-state index in [-0.39, 0.29) is 11.4 Å². The van der Waals surface area contributed by atoms with Gasteiger partial charge in [-0.15, -0.1) is 22.0 Å². The molecule has 0 saturated carbocycles. The van der Waals surface area contributed by atoms with Gasteiger partial charge in [0.25, 0.3) is 0 Å². The lowest BCUT2D eigenvalue weighted by Crippen LogP contribution is -2.34. The van der Waals surface area contributed by atoms with Gasteiger partial charge in [0.15, 0.2) is 0 Å². The summed E-state index contributed by atoms with van der Waals surface area (Å²) < 4.78 is 26.3. The van der Waals surface area contributed by atoms with Crippen LogP contribution in [0.5, 0.6) is 0 Å². The number of aryl methyl sites for hydroxylation is 1. The number of aromatic nitrogens is 2. The van der Waals surface area contributed by atoms with E-state index in [2.05, 4.69) is 15.5 Å². The smallest absolute Gasteiger partial charge is 0.243 e. The van der Waals surface area contributed by atoms with Gasteiger partial charge in [0.1, 0.15) is 5.01 Å². The molecule has 0 bridgehead atoms. The van der Waals surface area contributed by atoms with Crippen molar-refractivity contribution in [1.29, 1.82) is 0 Å². The second kappa shape index (κ2) is 9.04. The number of likely N-dealkylation sites (N-methyl/N-ethyl adjacent to an activating group) is 1. The molecule has 0 fully saturated rings. The molecule has 2 aromatic carbocycles. The lowest BCUT2D eigenvalue weighted by Gasteiger charge is -2.16. The number of carbonyl (C=O) groups is 1. The molecule has 29 heavy (non-hydrogen) atoms. The molecule has 0 aliphatic heterocycles. The topological polar surface area (TPSA) is 92.3 Å². The predicted octanol–water partition coefficient (Wildman–Crippen LogP) is 3.49. The SMILES string of the molecule is CSc1ccc(S(=O)(=O)N(C)CC(=O)Nc2nnc(-c3ccc(C)cc3)s2)cc1. The summed E-state index contributed by atoms with van der Waals surface area (Å²) in [6.45, 7) is 1.67. The van der Waals surface area contributed by atoms with Gasteiger partial charge >= 0.3 is 0 Å². The molecule has 0 aliphatic carbocycles. The summed E-state index contributed by atoms with van der Waals surface area (Å²) in [4.78, 5) is 13.4. The number of anilines is 1. The molecule has 3 aromatic rings. The first-order valence-electron chi connectivity index (χ1n) is 8.60. The van der Waals surface area contributed by atoms with Crippen LogP contribution in [0.25, 0.3) is 10.6 Å². The van der Waals surface area contributed by atoms with E-state index in [4.69, 9.17) is 0 Å². The van der Waals surface area contributed by atoms with Crippen LogP contribution in [-0.4, -0.2) is 48.7 Å². The van der Waals surface area contributed by atoms with Crippen LogP contribution in [-0.2, 0) is 14.8 Å². The summed E-state index contributed by atoms with van der Waals surface area (Å²) in [5.41, 5.74) is 2.04. The van der Waals surface area contributed by atoms with Crippen LogP contribution in [0.4, 0.5) is 5.13 Å². The Balaban J connectivity index is 1.64. The Bertz CT molecular complexity index is 1090. The van der Waals surface area contributed by atoms with Gasteiger partial charge in [-0.3, -0.25) is 10.1 Å². The summed E-state index contributed by atoms with van der Waals surface area (Å²) in [7, 11) is -2.39. The Labute approximate surface area is 178 Å². The summed E-state index contributed by atoms with van der Waals surface area (Å²) in [6.07, 6.45) is 1.91. The highest BCUT2D eigenvalue weighted by molar-refractivity contribution is 7.98. The van der Waals surface area contributed by atoms with E-state index in [1.165, 1.54) is 42.3 Å². The number of sulfonamides is 1. The fourth-order valence-corrected chi connectivity index (χ4v) is 4.76. The van der Waals surface area contributed by atoms with E-state index < -0.39 is 15.9 Å². The fourth-order valence-electron chi connectivity index (χ4n) is 2.46. The van der Waals surface area contributed by atoms with Gasteiger partial charge in [-0.05, 0) is 37.4 Å². The monoisotopic (exact) mass is 448 g/mol. The van der Waals surface area contributed by atoms with Gasteiger partial charge in [0.2, 0.25) is 21.1 Å². The maximum atomic E-state index is 12.7. The van der Waals surface area contributed by atoms with E-state index in [0.717, 1.165) is 20.3 Å². The summed E-state index contributed by atoms with van der Waals surface area (Å²) in [5.74, 6) is -0.483. The quantitative estimate of drug-likeness (QED) is 0.556. The largest absolute Gasteiger partial charge is 0.299 e. The van der Waals surface area contributed by atoms with Crippen molar-refractivity contribution in [1.82, 2.24) is 14.5 Å². The van der Waals surface area contributed by atoms with Gasteiger partial charge in [-0.1, -0.05) is 41.2 Å². The molecule has 0 unspecified atom stereocenters. The molecule has 0 atom stereocenters. The fraction of sp³-hybridized carbons (Fsp3) is 0.211. The Morgan fingerprint density at radius 2 is 1.76 bits per heavy atom. The number of hydrogen-bond acceptors (Lipinski definition) is 7. The molecule has 10 heteroatoms. The van der Waals surface area contributed by atoms with Crippen molar-refractivity contribution in [2.24, 2.45) is 0 Å². The number of rotatable bonds is 7. The van der Waals surface area contributed by atoms with E-state index in [0.29, 0.717) is 10.1 Å². The summed E-state index contributed by atoms with van der Waals surface area (Å²) in [6, 6.07) is 14.4. The second-order valence-electron chi connectivity index (χ2n) is 6.26. The standard InChI is InChI=1S/C19H20N4O3S3/c1-13-4-6-14(7-5-13)18-21-22-19(28-18)20-17(24)12-23(2)29(25,26)16-10-8-15(27-3)9-11-16/h4-11H,12H2,1-3H3,(H,20,22,24). The first-order valence-corrected chi connectivity index (χ1v) is 12.1. The first-order chi connectivity index (χ1) is 13.8. The average Bonchev–Trinajstić information content (AvgIpc) is 3.16. The third-order valence-corrected chi connectivity index (χ3v) is 7.55. The lowest BCUT2D eigenvalue weighted by molar-refractivity contribution is -0.116. The van der Waals surface area contributed by atoms with Gasteiger partial charge < -0.3 is 0 Å². The number of carbonyl (C=O) groups excluding carboxylic acids is 1. The van der Waals surface area contributed by atoms with Crippen molar-refractivity contribution < 1.29 is 13.2 Å². The second-order valence-corrected chi connectivity index (χ2v) is 10.2. The molecule has 0 aliphatic rings. The molecule has 0 spiro atoms. The lowest BCUT2D eigenvalue weighted by atomic mass is 10.2. The van der Waals surface area contributed by atoms with Crippen LogP contribution >= 0.6 is 23.1 Å². The number of nitrogens with zero attached hydrogens (tertiary/aromatic N) is 3. The normalized spacial score (nSPS) is 11.6. The third-order valence-electron chi connectivity index (χ3n) is 4.10. The van der Waals surface area contributed by atoms with Crippen LogP contribution in [0, 0.1) is 6.92 Å². The summed E-state index contributed by atoms with van der Waals surface area (Å²) in [5, 5.41) is 11.7. The van der Waals surface area contributed by atoms with Crippen LogP contribution < -0.4 is 5.32 Å². The van der Waals surface area contributed by atoms with Crippen molar-refractivity contribution in [3.8, 4) is 10.6 Å². The minimum absolute atomic E-state index is 0.142. The van der Waals surface area contributed by atoms with Gasteiger partial charge in [-0.25, -0.2) is 8.42 Å². The van der Waals surface area contributed by atoms with Gasteiger partial charge in [0, 0.05) is 17.5 Å². The zero-order valence-corrected chi connectivity index (χ0v) is 18.6. The molecule has 1 aromatic heterocycles. The number of thioether (sulfide) groups is 1. The van der Waals surface area contributed by atoms with Crippen molar-refractivity contribution in [3.05, 3.63) is 54.1 Å². The highest BCUT2D eigenvalue weighted by Gasteiger charge is 2.23. The average molecular weight is 449 g/mol. The van der Waals surface area contributed by atoms with E-state index >= 15 is 0 Å². The Morgan fingerprint density at radius 1 is 1.10 bits per heavy atom. The first kappa shape index (κ1) is 21.4. The number of amides is 1. The van der Waals surface area contributed by atoms with Crippen LogP contribution in [0.2, 0.25) is 0 Å². The number of hydrogen-bond donors (Lipinski definition) is 1. The van der Waals surface area contributed by atoms with Crippen LogP contribution in [0.1, 0.15) is 5.56 Å². The Kier molecular flexibility index (Phi) is 6.68. The maximum absolute atomic E-state index is 12.7. The van der Waals surface area contributed by atoms with Crippen LogP contribution in [0.15, 0.2) is 58.3 Å². The molecule has 0 saturated heterocycles. The van der Waals surface area contributed by atoms with Gasteiger partial charge in [-0.2, -0.15) is 4.31 Å². The highest BCUT2D eigenvalue weighted by atomic mass is 32.2. The minimum Gasteiger partial charge on any atom is -0.299 e. The third kappa shape index (κ3) is 5.21. The Morgan fingerprint density at radius 3 is 2.38 bits per heavy atom. The number of nitrogens with one attached hydrogen (secondary N) is 1. The molecule has 1 N–H and O–H groups in total. The van der Waals surface area contributed by atoms with Crippen molar-refractivity contribution >= 4 is 44.2 Å². The predicted molar refractivity (Wildman–Crippen MR) is 117 cm³/mol.